The Balaban J connectivity index is 1.77. The van der Waals surface area contributed by atoms with Gasteiger partial charge in [0, 0.05) is 18.2 Å². The van der Waals surface area contributed by atoms with E-state index in [1.54, 1.807) is 0 Å². The van der Waals surface area contributed by atoms with E-state index in [2.05, 4.69) is 20.3 Å². The van der Waals surface area contributed by atoms with Crippen molar-refractivity contribution < 1.29 is 38.3 Å². The number of fused-ring (bicyclic) bond motifs is 1. The number of carboxylic acid groups (broad SMARTS) is 1. The first kappa shape index (κ1) is 21.2. The third-order valence-corrected chi connectivity index (χ3v) is 5.49. The van der Waals surface area contributed by atoms with E-state index in [0.29, 0.717) is 0 Å². The molecule has 0 aromatic carbocycles. The summed E-state index contributed by atoms with van der Waals surface area (Å²) in [5.74, 6) is -3.11. The summed E-state index contributed by atoms with van der Waals surface area (Å²) in [5.41, 5.74) is 5.16. The Bertz CT molecular complexity index is 971. The van der Waals surface area contributed by atoms with Crippen LogP contribution in [0, 0.1) is 0 Å². The van der Waals surface area contributed by atoms with E-state index < -0.39 is 35.2 Å². The molecule has 0 radical (unpaired) electrons. The molecule has 160 valence electrons. The number of thioether (sulfide) groups is 1. The van der Waals surface area contributed by atoms with Crippen LogP contribution in [0.1, 0.15) is 12.6 Å². The second-order valence-corrected chi connectivity index (χ2v) is 7.20. The number of rotatable bonds is 7. The molecule has 0 spiro atoms. The van der Waals surface area contributed by atoms with Crippen molar-refractivity contribution in [1.82, 2.24) is 15.2 Å². The van der Waals surface area contributed by atoms with Crippen molar-refractivity contribution >= 4 is 47.2 Å². The summed E-state index contributed by atoms with van der Waals surface area (Å²) in [6.07, 6.45) is 1.10. The average molecular weight is 439 g/mol. The minimum absolute atomic E-state index is 0.00145. The largest absolute Gasteiger partial charge is 0.477 e. The third-order valence-electron chi connectivity index (χ3n) is 4.15. The van der Waals surface area contributed by atoms with Crippen LogP contribution in [0.4, 0.5) is 6.01 Å². The molecule has 0 bridgehead atoms. The number of aromatic nitrogens is 1. The molecule has 2 aliphatic rings. The van der Waals surface area contributed by atoms with E-state index in [0.717, 1.165) is 11.2 Å². The minimum Gasteiger partial charge on any atom is -0.477 e. The number of nitrogen functional groups attached to an aromatic ring is 1. The highest BCUT2D eigenvalue weighted by atomic mass is 32.2. The Morgan fingerprint density at radius 3 is 2.80 bits per heavy atom. The molecule has 1 aromatic rings. The molecule has 1 saturated heterocycles. The molecule has 1 fully saturated rings. The first-order valence-corrected chi connectivity index (χ1v) is 9.46. The van der Waals surface area contributed by atoms with Gasteiger partial charge < -0.3 is 30.1 Å². The van der Waals surface area contributed by atoms with Gasteiger partial charge in [0.15, 0.2) is 5.71 Å². The van der Waals surface area contributed by atoms with Crippen LogP contribution in [-0.4, -0.2) is 75.3 Å². The van der Waals surface area contributed by atoms with Crippen LogP contribution in [0.5, 0.6) is 0 Å². The normalized spacial score (nSPS) is 20.9. The number of nitrogens with one attached hydrogen (secondary N) is 1. The highest BCUT2D eigenvalue weighted by Crippen LogP contribution is 2.40. The number of nitrogens with zero attached hydrogens (tertiary/aromatic N) is 3. The zero-order valence-electron chi connectivity index (χ0n) is 15.8. The number of amides is 2. The number of β-lactam (4-membered cyclic amide) rings is 1. The van der Waals surface area contributed by atoms with Crippen LogP contribution in [-0.2, 0) is 28.8 Å². The van der Waals surface area contributed by atoms with Gasteiger partial charge in [-0.2, -0.15) is 4.98 Å². The predicted octanol–water partition coefficient (Wildman–Crippen LogP) is -1.09. The Labute approximate surface area is 173 Å². The van der Waals surface area contributed by atoms with E-state index in [-0.39, 0.29) is 41.1 Å². The molecular formula is C16H17N5O8S. The van der Waals surface area contributed by atoms with Crippen molar-refractivity contribution in [2.24, 2.45) is 5.16 Å². The molecule has 0 aliphatic carbocycles. The lowest BCUT2D eigenvalue weighted by molar-refractivity contribution is -0.150. The number of oxime groups is 1. The first-order chi connectivity index (χ1) is 14.2. The molecule has 3 rings (SSSR count). The van der Waals surface area contributed by atoms with Gasteiger partial charge in [-0.25, -0.2) is 4.79 Å². The lowest BCUT2D eigenvalue weighted by Gasteiger charge is -2.49. The quantitative estimate of drug-likeness (QED) is 0.203. The average Bonchev–Trinajstić information content (AvgIpc) is 3.13. The van der Waals surface area contributed by atoms with E-state index in [4.69, 9.17) is 14.9 Å². The van der Waals surface area contributed by atoms with Crippen molar-refractivity contribution in [2.45, 2.75) is 18.3 Å². The SMILES string of the molecule is CON=C(C(=O)NC1C(=O)N2C(C(=O)O)=C(COC(C)=O)CS[C@H]12)c1coc(N)n1. The van der Waals surface area contributed by atoms with Gasteiger partial charge in [0.05, 0.1) is 0 Å². The Morgan fingerprint density at radius 1 is 1.50 bits per heavy atom. The lowest BCUT2D eigenvalue weighted by atomic mass is 10.0. The number of aliphatic carboxylic acids is 1. The van der Waals surface area contributed by atoms with Gasteiger partial charge in [-0.15, -0.1) is 11.8 Å². The fraction of sp³-hybridized carbons (Fsp3) is 0.375. The summed E-state index contributed by atoms with van der Waals surface area (Å²) < 4.78 is 9.72. The number of anilines is 1. The molecule has 13 nitrogen and oxygen atoms in total. The third kappa shape index (κ3) is 3.94. The van der Waals surface area contributed by atoms with Gasteiger partial charge in [-0.1, -0.05) is 5.16 Å². The Kier molecular flexibility index (Phi) is 5.96. The topological polar surface area (TPSA) is 187 Å². The molecule has 1 unspecified atom stereocenters. The van der Waals surface area contributed by atoms with Gasteiger partial charge in [0.2, 0.25) is 0 Å². The number of esters is 1. The van der Waals surface area contributed by atoms with Crippen molar-refractivity contribution in [3.05, 3.63) is 23.2 Å². The summed E-state index contributed by atoms with van der Waals surface area (Å²) in [5, 5.41) is 15.0. The highest BCUT2D eigenvalue weighted by Gasteiger charge is 2.54. The van der Waals surface area contributed by atoms with E-state index in [9.17, 15) is 24.3 Å². The van der Waals surface area contributed by atoms with Crippen LogP contribution >= 0.6 is 11.8 Å². The summed E-state index contributed by atoms with van der Waals surface area (Å²) in [6, 6.07) is -1.19. The van der Waals surface area contributed by atoms with Gasteiger partial charge in [0.1, 0.15) is 42.8 Å². The lowest BCUT2D eigenvalue weighted by Crippen LogP contribution is -2.71. The van der Waals surface area contributed by atoms with Crippen LogP contribution in [0.3, 0.4) is 0 Å². The predicted molar refractivity (Wildman–Crippen MR) is 101 cm³/mol. The van der Waals surface area contributed by atoms with Gasteiger partial charge in [-0.3, -0.25) is 19.3 Å². The standard InChI is InChI=1S/C16H17N5O8S/c1-6(22)28-3-7-5-30-14-10(13(24)21(14)11(7)15(25)26)19-12(23)9(20-27-2)8-4-29-16(17)18-8/h4,10,14H,3,5H2,1-2H3,(H2,17,18)(H,19,23)(H,25,26)/t10?,14-/m1/s1. The number of oxazole rings is 1. The monoisotopic (exact) mass is 439 g/mol. The maximum Gasteiger partial charge on any atom is 0.352 e. The second-order valence-electron chi connectivity index (χ2n) is 6.09. The molecule has 14 heteroatoms. The zero-order valence-corrected chi connectivity index (χ0v) is 16.6. The molecule has 2 aliphatic heterocycles. The molecule has 0 saturated carbocycles. The molecule has 2 amide bonds. The molecule has 1 aromatic heterocycles. The summed E-state index contributed by atoms with van der Waals surface area (Å²) in [6.45, 7) is 0.956. The number of carboxylic acids is 1. The highest BCUT2D eigenvalue weighted by molar-refractivity contribution is 8.00. The number of hydrogen-bond acceptors (Lipinski definition) is 11. The fourth-order valence-corrected chi connectivity index (χ4v) is 4.21. The van der Waals surface area contributed by atoms with Crippen LogP contribution in [0.25, 0.3) is 0 Å². The number of hydrogen-bond donors (Lipinski definition) is 3. The molecule has 30 heavy (non-hydrogen) atoms. The van der Waals surface area contributed by atoms with Crippen LogP contribution in [0.2, 0.25) is 0 Å². The number of ether oxygens (including phenoxy) is 1. The first-order valence-electron chi connectivity index (χ1n) is 8.41. The maximum absolute atomic E-state index is 12.6. The fourth-order valence-electron chi connectivity index (χ4n) is 2.88. The maximum atomic E-state index is 12.6. The van der Waals surface area contributed by atoms with E-state index in [1.807, 2.05) is 0 Å². The summed E-state index contributed by atoms with van der Waals surface area (Å²) >= 11 is 1.23. The zero-order chi connectivity index (χ0) is 22.0. The van der Waals surface area contributed by atoms with Crippen LogP contribution < -0.4 is 11.1 Å². The van der Waals surface area contributed by atoms with Crippen molar-refractivity contribution in [3.63, 3.8) is 0 Å². The number of carbonyl (C=O) groups is 4. The van der Waals surface area contributed by atoms with E-state index in [1.165, 1.54) is 25.8 Å². The van der Waals surface area contributed by atoms with Crippen molar-refractivity contribution in [1.29, 1.82) is 0 Å². The number of carbonyl (C=O) groups excluding carboxylic acids is 3. The van der Waals surface area contributed by atoms with Crippen molar-refractivity contribution in [3.8, 4) is 0 Å². The second kappa shape index (κ2) is 8.44. The summed E-state index contributed by atoms with van der Waals surface area (Å²) in [4.78, 5) is 57.5. The Morgan fingerprint density at radius 2 is 2.23 bits per heavy atom. The van der Waals surface area contributed by atoms with Gasteiger partial charge in [0.25, 0.3) is 17.8 Å². The molecule has 3 heterocycles. The molecule has 2 atom stereocenters. The minimum atomic E-state index is -1.33. The Hall–Kier alpha value is -3.55. The smallest absolute Gasteiger partial charge is 0.352 e. The van der Waals surface area contributed by atoms with Gasteiger partial charge >= 0.3 is 11.9 Å². The van der Waals surface area contributed by atoms with Gasteiger partial charge in [-0.05, 0) is 0 Å². The van der Waals surface area contributed by atoms with E-state index >= 15 is 0 Å². The molecule has 4 N–H and O–H groups in total. The van der Waals surface area contributed by atoms with Crippen LogP contribution in [0.15, 0.2) is 27.1 Å². The molecular weight excluding hydrogens is 422 g/mol. The number of nitrogens with two attached hydrogens (primary N) is 1. The van der Waals surface area contributed by atoms with Crippen molar-refractivity contribution in [2.75, 3.05) is 25.2 Å². The summed E-state index contributed by atoms with van der Waals surface area (Å²) in [7, 11) is 1.22.